The van der Waals surface area contributed by atoms with E-state index in [1.54, 1.807) is 0 Å². The fourth-order valence-corrected chi connectivity index (χ4v) is 3.86. The molecule has 0 radical (unpaired) electrons. The fourth-order valence-electron chi connectivity index (χ4n) is 3.49. The van der Waals surface area contributed by atoms with Gasteiger partial charge in [-0.1, -0.05) is 49.5 Å². The van der Waals surface area contributed by atoms with Gasteiger partial charge < -0.3 is 4.90 Å². The summed E-state index contributed by atoms with van der Waals surface area (Å²) in [6.07, 6.45) is 5.91. The maximum Gasteiger partial charge on any atom is 0.226 e. The molecule has 104 valence electrons. The van der Waals surface area contributed by atoms with Gasteiger partial charge in [0.25, 0.3) is 0 Å². The van der Waals surface area contributed by atoms with E-state index in [1.165, 1.54) is 19.3 Å². The molecule has 2 nitrogen and oxygen atoms in total. The summed E-state index contributed by atoms with van der Waals surface area (Å²) in [7, 11) is 0. The van der Waals surface area contributed by atoms with E-state index in [-0.39, 0.29) is 11.3 Å². The molecule has 0 aromatic rings. The molecular formula is C15H26BrNO. The van der Waals surface area contributed by atoms with Gasteiger partial charge in [-0.05, 0) is 30.6 Å². The number of carbonyl (C=O) groups is 1. The highest BCUT2D eigenvalue weighted by Gasteiger charge is 2.40. The molecule has 0 spiro atoms. The van der Waals surface area contributed by atoms with E-state index in [0.29, 0.717) is 16.7 Å². The Morgan fingerprint density at radius 2 is 2.00 bits per heavy atom. The summed E-state index contributed by atoms with van der Waals surface area (Å²) in [5.41, 5.74) is 0.198. The minimum atomic E-state index is 0.198. The van der Waals surface area contributed by atoms with Crippen molar-refractivity contribution in [3.63, 3.8) is 0 Å². The van der Waals surface area contributed by atoms with Gasteiger partial charge in [0.05, 0.1) is 0 Å². The number of alkyl halides is 1. The van der Waals surface area contributed by atoms with Crippen molar-refractivity contribution >= 4 is 21.8 Å². The maximum atomic E-state index is 12.7. The number of hydrogen-bond donors (Lipinski definition) is 0. The zero-order valence-corrected chi connectivity index (χ0v) is 13.5. The van der Waals surface area contributed by atoms with Gasteiger partial charge in [-0.3, -0.25) is 4.79 Å². The van der Waals surface area contributed by atoms with Crippen molar-refractivity contribution in [2.75, 3.05) is 13.1 Å². The molecule has 18 heavy (non-hydrogen) atoms. The van der Waals surface area contributed by atoms with E-state index in [4.69, 9.17) is 0 Å². The van der Waals surface area contributed by atoms with Crippen LogP contribution in [0.2, 0.25) is 0 Å². The smallest absolute Gasteiger partial charge is 0.226 e. The first-order valence-corrected chi connectivity index (χ1v) is 8.26. The van der Waals surface area contributed by atoms with Crippen molar-refractivity contribution < 1.29 is 4.79 Å². The van der Waals surface area contributed by atoms with Gasteiger partial charge in [0, 0.05) is 23.8 Å². The van der Waals surface area contributed by atoms with Crippen molar-refractivity contribution in [1.29, 1.82) is 0 Å². The summed E-state index contributed by atoms with van der Waals surface area (Å²) in [4.78, 5) is 15.4. The lowest BCUT2D eigenvalue weighted by atomic mass is 9.68. The molecule has 1 amide bonds. The number of carbonyl (C=O) groups excluding carboxylic acids is 1. The van der Waals surface area contributed by atoms with Gasteiger partial charge in [0.2, 0.25) is 5.91 Å². The van der Waals surface area contributed by atoms with E-state index >= 15 is 0 Å². The average molecular weight is 316 g/mol. The van der Waals surface area contributed by atoms with E-state index in [2.05, 4.69) is 41.6 Å². The van der Waals surface area contributed by atoms with Crippen LogP contribution in [-0.2, 0) is 4.79 Å². The number of rotatable bonds is 1. The van der Waals surface area contributed by atoms with Crippen molar-refractivity contribution in [3.05, 3.63) is 0 Å². The molecule has 1 aliphatic carbocycles. The van der Waals surface area contributed by atoms with Crippen LogP contribution in [0.5, 0.6) is 0 Å². The fraction of sp³-hybridized carbons (Fsp3) is 0.933. The van der Waals surface area contributed by atoms with Crippen LogP contribution in [0.15, 0.2) is 0 Å². The molecule has 3 unspecified atom stereocenters. The molecule has 3 heteroatoms. The highest BCUT2D eigenvalue weighted by Crippen LogP contribution is 2.42. The van der Waals surface area contributed by atoms with Gasteiger partial charge >= 0.3 is 0 Å². The van der Waals surface area contributed by atoms with Crippen LogP contribution in [0.4, 0.5) is 0 Å². The van der Waals surface area contributed by atoms with Crippen molar-refractivity contribution in [3.8, 4) is 0 Å². The van der Waals surface area contributed by atoms with Gasteiger partial charge in [0.15, 0.2) is 0 Å². The third-order valence-corrected chi connectivity index (χ3v) is 6.28. The van der Waals surface area contributed by atoms with E-state index in [1.807, 2.05) is 0 Å². The van der Waals surface area contributed by atoms with Crippen LogP contribution in [0.25, 0.3) is 0 Å². The van der Waals surface area contributed by atoms with Crippen LogP contribution in [0.1, 0.15) is 52.9 Å². The van der Waals surface area contributed by atoms with Crippen LogP contribution in [0.3, 0.4) is 0 Å². The van der Waals surface area contributed by atoms with Crippen LogP contribution < -0.4 is 0 Å². The quantitative estimate of drug-likeness (QED) is 0.673. The normalized spacial score (nSPS) is 36.4. The Hall–Kier alpha value is -0.0500. The number of likely N-dealkylation sites (tertiary alicyclic amines) is 1. The number of piperidine rings is 1. The summed E-state index contributed by atoms with van der Waals surface area (Å²) in [5.74, 6) is 1.26. The van der Waals surface area contributed by atoms with Gasteiger partial charge in [-0.25, -0.2) is 0 Å². The first kappa shape index (κ1) is 14.4. The zero-order chi connectivity index (χ0) is 13.3. The minimum absolute atomic E-state index is 0.198. The third-order valence-electron chi connectivity index (χ3n) is 4.92. The summed E-state index contributed by atoms with van der Waals surface area (Å²) in [5, 5.41) is 0. The Morgan fingerprint density at radius 1 is 1.28 bits per heavy atom. The first-order valence-electron chi connectivity index (χ1n) is 7.34. The second-order valence-electron chi connectivity index (χ2n) is 6.85. The largest absolute Gasteiger partial charge is 0.342 e. The van der Waals surface area contributed by atoms with Crippen molar-refractivity contribution in [2.45, 2.75) is 57.7 Å². The third kappa shape index (κ3) is 2.92. The number of amides is 1. The number of halogens is 1. The minimum Gasteiger partial charge on any atom is -0.342 e. The Labute approximate surface area is 120 Å². The van der Waals surface area contributed by atoms with Crippen LogP contribution in [-0.4, -0.2) is 28.7 Å². The van der Waals surface area contributed by atoms with E-state index < -0.39 is 0 Å². The Morgan fingerprint density at radius 3 is 2.61 bits per heavy atom. The lowest BCUT2D eigenvalue weighted by Gasteiger charge is -2.42. The topological polar surface area (TPSA) is 20.3 Å². The monoisotopic (exact) mass is 315 g/mol. The summed E-state index contributed by atoms with van der Waals surface area (Å²) < 4.78 is 0. The summed E-state index contributed by atoms with van der Waals surface area (Å²) in [6.45, 7) is 8.66. The molecule has 2 fully saturated rings. The van der Waals surface area contributed by atoms with Crippen LogP contribution >= 0.6 is 15.9 Å². The van der Waals surface area contributed by atoms with Gasteiger partial charge in [0.1, 0.15) is 0 Å². The molecule has 1 heterocycles. The highest BCUT2D eigenvalue weighted by atomic mass is 79.9. The molecule has 2 aliphatic rings. The summed E-state index contributed by atoms with van der Waals surface area (Å²) >= 11 is 3.71. The van der Waals surface area contributed by atoms with E-state index in [9.17, 15) is 4.79 Å². The molecule has 2 rings (SSSR count). The molecular weight excluding hydrogens is 290 g/mol. The van der Waals surface area contributed by atoms with Gasteiger partial charge in [-0.15, -0.1) is 0 Å². The Balaban J connectivity index is 2.02. The van der Waals surface area contributed by atoms with Gasteiger partial charge in [-0.2, -0.15) is 0 Å². The first-order chi connectivity index (χ1) is 8.42. The van der Waals surface area contributed by atoms with Crippen LogP contribution in [0, 0.1) is 17.3 Å². The molecule has 1 saturated heterocycles. The van der Waals surface area contributed by atoms with E-state index in [0.717, 1.165) is 25.9 Å². The highest BCUT2D eigenvalue weighted by molar-refractivity contribution is 9.09. The Kier molecular flexibility index (Phi) is 4.40. The second kappa shape index (κ2) is 5.52. The SMILES string of the molecule is CC1CN(C(=O)C2CCCCC2(C)C)CCC1Br. The molecule has 1 aliphatic heterocycles. The molecule has 0 aromatic carbocycles. The standard InChI is InChI=1S/C15H26BrNO/c1-11-10-17(9-7-13(11)16)14(18)12-6-4-5-8-15(12,2)3/h11-13H,4-10H2,1-3H3. The molecule has 0 bridgehead atoms. The maximum absolute atomic E-state index is 12.7. The predicted molar refractivity (Wildman–Crippen MR) is 78.8 cm³/mol. The van der Waals surface area contributed by atoms with Crippen molar-refractivity contribution in [1.82, 2.24) is 4.90 Å². The average Bonchev–Trinajstić information content (AvgIpc) is 2.31. The number of hydrogen-bond acceptors (Lipinski definition) is 1. The lowest BCUT2D eigenvalue weighted by Crippen LogP contribution is -2.49. The zero-order valence-electron chi connectivity index (χ0n) is 11.9. The molecule has 0 aromatic heterocycles. The predicted octanol–water partition coefficient (Wildman–Crippen LogP) is 3.83. The molecule has 3 atom stereocenters. The molecule has 0 N–H and O–H groups in total. The second-order valence-corrected chi connectivity index (χ2v) is 8.03. The Bertz CT molecular complexity index is 316. The van der Waals surface area contributed by atoms with Crippen molar-refractivity contribution in [2.24, 2.45) is 17.3 Å². The number of nitrogens with zero attached hydrogens (tertiary/aromatic N) is 1. The molecule has 1 saturated carbocycles. The summed E-state index contributed by atoms with van der Waals surface area (Å²) in [6, 6.07) is 0. The lowest BCUT2D eigenvalue weighted by molar-refractivity contribution is -0.142.